The monoisotopic (exact) mass is 863 g/mol. The molecule has 31 heteroatoms. The number of furan rings is 1. The number of phosphoric acid groups is 2. The number of aromatic nitrogens is 4. The second-order valence-corrected chi connectivity index (χ2v) is 15.1. The lowest BCUT2D eigenvalue weighted by atomic mass is 10.1. The van der Waals surface area contributed by atoms with Gasteiger partial charge >= 0.3 is 27.6 Å². The van der Waals surface area contributed by atoms with Crippen molar-refractivity contribution in [1.82, 2.24) is 29.8 Å². The van der Waals surface area contributed by atoms with Crippen molar-refractivity contribution in [2.45, 2.75) is 55.5 Å². The number of carbonyl (C=O) groups is 2. The van der Waals surface area contributed by atoms with Crippen molar-refractivity contribution >= 4 is 56.7 Å². The maximum absolute atomic E-state index is 12.4. The minimum Gasteiger partial charge on any atom is -0.400 e. The number of ether oxygens (including phenoxy) is 2. The van der Waals surface area contributed by atoms with Crippen LogP contribution in [-0.2, 0) is 36.8 Å². The largest absolute Gasteiger partial charge is 0.481 e. The zero-order chi connectivity index (χ0) is 42.5. The van der Waals surface area contributed by atoms with Gasteiger partial charge in [-0.25, -0.2) is 34.3 Å². The average molecular weight is 864 g/mol. The number of fused-ring (bicyclic) bond motifs is 1. The fourth-order valence-electron chi connectivity index (χ4n) is 5.35. The lowest BCUT2D eigenvalue weighted by molar-refractivity contribution is -0.402. The number of hydrogen-bond acceptors (Lipinski definition) is 22. The zero-order valence-electron chi connectivity index (χ0n) is 29.2. The summed E-state index contributed by atoms with van der Waals surface area (Å²) in [6.45, 7) is -1.79. The highest BCUT2D eigenvalue weighted by atomic mass is 31.3. The van der Waals surface area contributed by atoms with E-state index < -0.39 is 101 Å². The third-order valence-corrected chi connectivity index (χ3v) is 10.6. The Balaban J connectivity index is 0.000000387. The first-order valence-electron chi connectivity index (χ1n) is 16.2. The number of primary amides is 2. The third-order valence-electron chi connectivity index (χ3n) is 8.04. The van der Waals surface area contributed by atoms with Gasteiger partial charge in [0.25, 0.3) is 0 Å². The number of hydrogen-bond donors (Lipinski definition) is 10. The Morgan fingerprint density at radius 1 is 1.00 bits per heavy atom. The number of carbonyl (C=O) groups excluding carboxylic acids is 2. The number of nitrogen functional groups attached to an aromatic ring is 1. The summed E-state index contributed by atoms with van der Waals surface area (Å²) < 4.78 is 55.5. The summed E-state index contributed by atoms with van der Waals surface area (Å²) in [7, 11) is -10.7. The maximum atomic E-state index is 12.4. The Bertz CT molecular complexity index is 2180. The number of anilines is 1. The number of allylic oxidation sites excluding steroid dienone is 1. The molecule has 0 saturated carbocycles. The van der Waals surface area contributed by atoms with Crippen LogP contribution < -0.4 is 22.6 Å². The summed E-state index contributed by atoms with van der Waals surface area (Å²) in [5.74, 6) is -0.912. The van der Waals surface area contributed by atoms with E-state index in [0.717, 1.165) is 12.5 Å². The SMILES string of the molecule is NC(=O)C1=CN([C@@H]2O[C@H](COP(=O)(O)OP(=O)(O)OC[C@H]3O[C@@H](n4cnc5c(N)ncnc54)[C@H](O)[C@@H]3O)[C@@H](O)[C@H]2O)C=CC1.NC(=O)N/N=C/c1ccc([N+](=O)[O-])o1. The van der Waals surface area contributed by atoms with Gasteiger partial charge in [-0.2, -0.15) is 9.41 Å². The molecule has 2 saturated heterocycles. The van der Waals surface area contributed by atoms with Gasteiger partial charge in [-0.1, -0.05) is 6.08 Å². The number of nitrogens with zero attached hydrogens (tertiary/aromatic N) is 7. The Hall–Kier alpha value is -5.26. The molecule has 0 radical (unpaired) electrons. The molecule has 2 fully saturated rings. The lowest BCUT2D eigenvalue weighted by Gasteiger charge is -2.28. The van der Waals surface area contributed by atoms with Crippen LogP contribution in [0.5, 0.6) is 0 Å². The number of imidazole rings is 1. The molecular formula is C27H35N11O18P2. The summed E-state index contributed by atoms with van der Waals surface area (Å²) >= 11 is 0. The van der Waals surface area contributed by atoms with Crippen LogP contribution in [0, 0.1) is 10.1 Å². The lowest BCUT2D eigenvalue weighted by Crippen LogP contribution is -2.40. The Morgan fingerprint density at radius 3 is 2.21 bits per heavy atom. The van der Waals surface area contributed by atoms with Gasteiger partial charge in [0.05, 0.1) is 31.8 Å². The number of nitro groups is 1. The fourth-order valence-corrected chi connectivity index (χ4v) is 7.44. The summed E-state index contributed by atoms with van der Waals surface area (Å²) in [5, 5.41) is 55.2. The number of phosphoric ester groups is 2. The van der Waals surface area contributed by atoms with Crippen molar-refractivity contribution in [2.75, 3.05) is 18.9 Å². The maximum Gasteiger partial charge on any atom is 0.481 e. The molecule has 10 atom stereocenters. The van der Waals surface area contributed by atoms with E-state index in [-0.39, 0.29) is 34.7 Å². The van der Waals surface area contributed by atoms with E-state index in [2.05, 4.69) is 28.8 Å². The first-order valence-corrected chi connectivity index (χ1v) is 19.2. The van der Waals surface area contributed by atoms with Crippen LogP contribution in [0.1, 0.15) is 18.4 Å². The predicted molar refractivity (Wildman–Crippen MR) is 188 cm³/mol. The van der Waals surface area contributed by atoms with Gasteiger partial charge in [0.1, 0.15) is 53.4 Å². The molecule has 6 rings (SSSR count). The van der Waals surface area contributed by atoms with Crippen LogP contribution in [-0.4, -0.2) is 134 Å². The first kappa shape index (κ1) is 43.9. The molecule has 6 heterocycles. The molecule has 0 aromatic carbocycles. The molecule has 3 amide bonds. The molecule has 0 aliphatic carbocycles. The number of nitrogens with one attached hydrogen (secondary N) is 1. The van der Waals surface area contributed by atoms with Crippen LogP contribution in [0.3, 0.4) is 0 Å². The summed E-state index contributed by atoms with van der Waals surface area (Å²) in [5.41, 5.74) is 18.2. The van der Waals surface area contributed by atoms with Crippen molar-refractivity contribution in [1.29, 1.82) is 0 Å². The molecular weight excluding hydrogens is 828 g/mol. The number of nitrogens with two attached hydrogens (primary N) is 3. The van der Waals surface area contributed by atoms with E-state index in [1.165, 1.54) is 40.3 Å². The van der Waals surface area contributed by atoms with Gasteiger partial charge in [0.2, 0.25) is 5.91 Å². The smallest absolute Gasteiger partial charge is 0.400 e. The minimum atomic E-state index is -5.37. The minimum absolute atomic E-state index is 0.0517. The summed E-state index contributed by atoms with van der Waals surface area (Å²) in [6, 6.07) is 1.68. The van der Waals surface area contributed by atoms with Crippen LogP contribution in [0.4, 0.5) is 16.5 Å². The van der Waals surface area contributed by atoms with Crippen molar-refractivity contribution in [2.24, 2.45) is 16.6 Å². The number of urea groups is 1. The van der Waals surface area contributed by atoms with E-state index in [0.29, 0.717) is 0 Å². The van der Waals surface area contributed by atoms with E-state index in [9.17, 15) is 59.0 Å². The fraction of sp³-hybridized carbons (Fsp3) is 0.407. The van der Waals surface area contributed by atoms with E-state index in [1.54, 1.807) is 6.08 Å². The molecule has 0 bridgehead atoms. The number of aliphatic hydroxyl groups is 4. The van der Waals surface area contributed by atoms with Crippen molar-refractivity contribution in [3.63, 3.8) is 0 Å². The molecule has 3 aromatic heterocycles. The van der Waals surface area contributed by atoms with Crippen LogP contribution in [0.25, 0.3) is 11.2 Å². The summed E-state index contributed by atoms with van der Waals surface area (Å²) in [4.78, 5) is 64.3. The quantitative estimate of drug-likeness (QED) is 0.0347. The Kier molecular flexibility index (Phi) is 13.7. The third kappa shape index (κ3) is 10.6. The van der Waals surface area contributed by atoms with Gasteiger partial charge in [-0.15, -0.1) is 0 Å². The number of rotatable bonds is 14. The molecule has 3 aliphatic heterocycles. The first-order chi connectivity index (χ1) is 27.3. The number of amides is 3. The Morgan fingerprint density at radius 2 is 1.62 bits per heavy atom. The van der Waals surface area contributed by atoms with Crippen LogP contribution >= 0.6 is 15.6 Å². The highest BCUT2D eigenvalue weighted by Crippen LogP contribution is 2.60. The van der Waals surface area contributed by atoms with Crippen molar-refractivity contribution < 1.29 is 81.1 Å². The highest BCUT2D eigenvalue weighted by molar-refractivity contribution is 7.61. The van der Waals surface area contributed by atoms with E-state index in [1.807, 2.05) is 5.43 Å². The van der Waals surface area contributed by atoms with Crippen molar-refractivity contribution in [3.05, 3.63) is 64.7 Å². The van der Waals surface area contributed by atoms with E-state index >= 15 is 0 Å². The van der Waals surface area contributed by atoms with E-state index in [4.69, 9.17) is 35.7 Å². The second kappa shape index (κ2) is 18.1. The standard InChI is InChI=1S/C21H29N7O14P2.C6H6N4O4/c22-17-12-19(25-7-24-17)28(8-26-12)21-16(32)14(30)11(41-21)6-39-44(36,37)42-43(34,35)38-5-10-13(29)15(31)20(40-10)27-3-1-2-9(4-27)18(23)33;7-6(11)9-8-3-4-1-2-5(14-4)10(12)13/h1,3-4,7-8,10-11,13-16,20-21,29-32H,2,5-6H2,(H2,23,33)(H,34,35)(H,36,37)(H2,22,24,25);1-3H,(H3,7,9,11)/b;8-3+/t10-,11-,13-,14-,15-,16-,20-,21-;/m1./s1. The topological polar surface area (TPSA) is 441 Å². The predicted octanol–water partition coefficient (Wildman–Crippen LogP) is -2.50. The zero-order valence-corrected chi connectivity index (χ0v) is 31.0. The van der Waals surface area contributed by atoms with Crippen LogP contribution in [0.15, 0.2) is 58.4 Å². The molecule has 3 aromatic rings. The second-order valence-electron chi connectivity index (χ2n) is 12.0. The molecule has 13 N–H and O–H groups in total. The van der Waals surface area contributed by atoms with Gasteiger partial charge in [-0.05, 0) is 12.5 Å². The molecule has 3 aliphatic rings. The highest BCUT2D eigenvalue weighted by Gasteiger charge is 2.48. The molecule has 58 heavy (non-hydrogen) atoms. The van der Waals surface area contributed by atoms with Gasteiger partial charge < -0.3 is 66.2 Å². The Labute approximate surface area is 323 Å². The van der Waals surface area contributed by atoms with Gasteiger partial charge in [0.15, 0.2) is 29.7 Å². The molecule has 2 unspecified atom stereocenters. The average Bonchev–Trinajstić information content (AvgIpc) is 3.93. The van der Waals surface area contributed by atoms with Gasteiger partial charge in [-0.3, -0.25) is 28.5 Å². The normalized spacial score (nSPS) is 27.8. The summed E-state index contributed by atoms with van der Waals surface area (Å²) in [6.07, 6.45) is -3.78. The van der Waals surface area contributed by atoms with Gasteiger partial charge in [0, 0.05) is 18.0 Å². The van der Waals surface area contributed by atoms with Crippen molar-refractivity contribution in [3.8, 4) is 0 Å². The molecule has 316 valence electrons. The van der Waals surface area contributed by atoms with Crippen LogP contribution in [0.2, 0.25) is 0 Å². The molecule has 29 nitrogen and oxygen atoms in total. The number of hydrazone groups is 1. The molecule has 0 spiro atoms. The number of aliphatic hydroxyl groups excluding tert-OH is 4.